The van der Waals surface area contributed by atoms with Crippen molar-refractivity contribution in [2.45, 2.75) is 81.5 Å². The van der Waals surface area contributed by atoms with Crippen molar-refractivity contribution in [3.63, 3.8) is 0 Å². The molecule has 166 valence electrons. The first-order valence-corrected chi connectivity index (χ1v) is 12.5. The lowest BCUT2D eigenvalue weighted by molar-refractivity contribution is -0.147. The Kier molecular flexibility index (Phi) is 3.99. The second-order valence-corrected chi connectivity index (χ2v) is 11.3. The number of benzene rings is 1. The van der Waals surface area contributed by atoms with Gasteiger partial charge in [-0.3, -0.25) is 4.98 Å². The van der Waals surface area contributed by atoms with Crippen molar-refractivity contribution < 1.29 is 9.47 Å². The molecule has 3 nitrogen and oxygen atoms in total. The Balaban J connectivity index is 1.29. The van der Waals surface area contributed by atoms with Gasteiger partial charge in [-0.05, 0) is 96.4 Å². The average molecular weight is 428 g/mol. The van der Waals surface area contributed by atoms with Gasteiger partial charge in [0, 0.05) is 31.3 Å². The lowest BCUT2D eigenvalue weighted by Gasteiger charge is -2.54. The van der Waals surface area contributed by atoms with Crippen molar-refractivity contribution in [2.75, 3.05) is 7.11 Å². The van der Waals surface area contributed by atoms with Crippen molar-refractivity contribution in [1.29, 1.82) is 0 Å². The molecule has 0 radical (unpaired) electrons. The lowest BCUT2D eigenvalue weighted by Crippen LogP contribution is -2.54. The van der Waals surface area contributed by atoms with Gasteiger partial charge in [0.1, 0.15) is 0 Å². The molecular weight excluding hydrogens is 394 g/mol. The SMILES string of the molecule is CO[C@@H]1CCC2=CC3=CC[C@]4(C)[C@@H](c5ccc6ccncc6c5)CC[C@H]4C34CC[C@]2(C1)O4. The highest BCUT2D eigenvalue weighted by atomic mass is 16.5. The van der Waals surface area contributed by atoms with Gasteiger partial charge in [0.15, 0.2) is 0 Å². The fourth-order valence-electron chi connectivity index (χ4n) is 8.43. The van der Waals surface area contributed by atoms with Crippen molar-refractivity contribution >= 4 is 10.8 Å². The van der Waals surface area contributed by atoms with Gasteiger partial charge < -0.3 is 9.47 Å². The Morgan fingerprint density at radius 3 is 2.94 bits per heavy atom. The summed E-state index contributed by atoms with van der Waals surface area (Å²) in [6.07, 6.45) is 18.7. The van der Waals surface area contributed by atoms with Crippen LogP contribution < -0.4 is 0 Å². The Morgan fingerprint density at radius 1 is 1.09 bits per heavy atom. The zero-order chi connectivity index (χ0) is 21.6. The fourth-order valence-corrected chi connectivity index (χ4v) is 8.43. The van der Waals surface area contributed by atoms with E-state index >= 15 is 0 Å². The van der Waals surface area contributed by atoms with Crippen LogP contribution in [0, 0.1) is 11.3 Å². The molecule has 2 spiro atoms. The highest BCUT2D eigenvalue weighted by molar-refractivity contribution is 5.82. The van der Waals surface area contributed by atoms with Crippen LogP contribution in [-0.4, -0.2) is 29.4 Å². The molecule has 3 aliphatic carbocycles. The first-order chi connectivity index (χ1) is 15.6. The maximum Gasteiger partial charge on any atom is 0.0974 e. The van der Waals surface area contributed by atoms with Gasteiger partial charge in [-0.15, -0.1) is 0 Å². The molecule has 0 N–H and O–H groups in total. The zero-order valence-electron chi connectivity index (χ0n) is 19.3. The predicted octanol–water partition coefficient (Wildman–Crippen LogP) is 6.49. The van der Waals surface area contributed by atoms with E-state index in [1.807, 2.05) is 19.5 Å². The summed E-state index contributed by atoms with van der Waals surface area (Å²) in [5.41, 5.74) is 4.62. The van der Waals surface area contributed by atoms with Gasteiger partial charge in [-0.1, -0.05) is 31.2 Å². The molecule has 32 heavy (non-hydrogen) atoms. The van der Waals surface area contributed by atoms with E-state index in [-0.39, 0.29) is 16.6 Å². The van der Waals surface area contributed by atoms with Gasteiger partial charge in [-0.2, -0.15) is 0 Å². The minimum absolute atomic E-state index is 0.0682. The standard InChI is InChI=1S/C29H33NO2/c1-27-11-9-23-16-22-5-6-24(31-2)17-28(22)12-13-29(23,32-28)26(27)8-7-25(27)20-4-3-19-10-14-30-18-21(19)15-20/h3-4,9-10,14-16,18,24-26H,5-8,11-13,17H2,1-2H3/t24-,25-,26-,27-,28-,29?/m1/s1. The van der Waals surface area contributed by atoms with E-state index in [9.17, 15) is 0 Å². The van der Waals surface area contributed by atoms with Crippen LogP contribution in [0.1, 0.15) is 69.8 Å². The van der Waals surface area contributed by atoms with Crippen molar-refractivity contribution in [1.82, 2.24) is 4.98 Å². The largest absolute Gasteiger partial charge is 0.381 e. The number of nitrogens with zero attached hydrogens (tertiary/aromatic N) is 1. The van der Waals surface area contributed by atoms with Crippen LogP contribution in [0.3, 0.4) is 0 Å². The Labute approximate surface area is 190 Å². The first kappa shape index (κ1) is 19.5. The third-order valence-corrected chi connectivity index (χ3v) is 10.0. The maximum absolute atomic E-state index is 7.32. The number of allylic oxidation sites excluding steroid dienone is 1. The summed E-state index contributed by atoms with van der Waals surface area (Å²) in [6, 6.07) is 9.17. The maximum atomic E-state index is 7.32. The summed E-state index contributed by atoms with van der Waals surface area (Å²) in [5.74, 6) is 1.16. The number of fused-ring (bicyclic) bond motifs is 2. The van der Waals surface area contributed by atoms with Crippen LogP contribution in [0.2, 0.25) is 0 Å². The molecule has 1 aromatic heterocycles. The monoisotopic (exact) mass is 427 g/mol. The third kappa shape index (κ3) is 2.42. The second kappa shape index (κ2) is 6.55. The van der Waals surface area contributed by atoms with E-state index in [0.29, 0.717) is 17.9 Å². The normalized spacial score (nSPS) is 42.1. The van der Waals surface area contributed by atoms with E-state index in [1.54, 1.807) is 5.57 Å². The number of hydrogen-bond acceptors (Lipinski definition) is 3. The van der Waals surface area contributed by atoms with Crippen LogP contribution in [-0.2, 0) is 9.47 Å². The number of aromatic nitrogens is 1. The summed E-state index contributed by atoms with van der Waals surface area (Å²) >= 11 is 0. The van der Waals surface area contributed by atoms with Gasteiger partial charge in [-0.25, -0.2) is 0 Å². The summed E-state index contributed by atoms with van der Waals surface area (Å²) in [5, 5.41) is 2.54. The molecule has 2 aliphatic heterocycles. The van der Waals surface area contributed by atoms with Crippen molar-refractivity contribution in [3.05, 3.63) is 65.5 Å². The van der Waals surface area contributed by atoms with Crippen LogP contribution >= 0.6 is 0 Å². The topological polar surface area (TPSA) is 31.4 Å². The number of methoxy groups -OCH3 is 1. The quantitative estimate of drug-likeness (QED) is 0.549. The summed E-state index contributed by atoms with van der Waals surface area (Å²) in [4.78, 5) is 4.37. The van der Waals surface area contributed by atoms with Gasteiger partial charge in [0.25, 0.3) is 0 Å². The molecule has 5 aliphatic rings. The molecule has 1 aromatic carbocycles. The summed E-state index contributed by atoms with van der Waals surface area (Å²) in [6.45, 7) is 2.55. The minimum Gasteiger partial charge on any atom is -0.381 e. The number of rotatable bonds is 2. The fraction of sp³-hybridized carbons (Fsp3) is 0.552. The van der Waals surface area contributed by atoms with E-state index in [0.717, 1.165) is 32.1 Å². The summed E-state index contributed by atoms with van der Waals surface area (Å²) in [7, 11) is 1.87. The molecule has 2 saturated carbocycles. The van der Waals surface area contributed by atoms with Crippen LogP contribution in [0.4, 0.5) is 0 Å². The Bertz CT molecular complexity index is 1170. The van der Waals surface area contributed by atoms with E-state index in [2.05, 4.69) is 48.3 Å². The predicted molar refractivity (Wildman–Crippen MR) is 127 cm³/mol. The highest BCUT2D eigenvalue weighted by Crippen LogP contribution is 2.69. The molecule has 7 rings (SSSR count). The van der Waals surface area contributed by atoms with E-state index in [1.165, 1.54) is 41.2 Å². The van der Waals surface area contributed by atoms with Gasteiger partial charge >= 0.3 is 0 Å². The molecule has 3 heterocycles. The number of pyridine rings is 1. The van der Waals surface area contributed by atoms with Crippen LogP contribution in [0.25, 0.3) is 10.8 Å². The van der Waals surface area contributed by atoms with Crippen molar-refractivity contribution in [3.8, 4) is 0 Å². The first-order valence-electron chi connectivity index (χ1n) is 12.5. The van der Waals surface area contributed by atoms with Crippen LogP contribution in [0.15, 0.2) is 60.0 Å². The van der Waals surface area contributed by atoms with Crippen LogP contribution in [0.5, 0.6) is 0 Å². The molecule has 3 heteroatoms. The molecule has 2 bridgehead atoms. The zero-order valence-corrected chi connectivity index (χ0v) is 19.3. The Hall–Kier alpha value is -1.97. The molecule has 1 saturated heterocycles. The lowest BCUT2D eigenvalue weighted by atomic mass is 9.58. The number of ether oxygens (including phenoxy) is 2. The molecule has 6 atom stereocenters. The molecule has 1 unspecified atom stereocenters. The Morgan fingerprint density at radius 2 is 2.03 bits per heavy atom. The smallest absolute Gasteiger partial charge is 0.0974 e. The van der Waals surface area contributed by atoms with Crippen molar-refractivity contribution in [2.24, 2.45) is 11.3 Å². The third-order valence-electron chi connectivity index (χ3n) is 10.0. The summed E-state index contributed by atoms with van der Waals surface area (Å²) < 4.78 is 13.1. The number of hydrogen-bond donors (Lipinski definition) is 0. The molecule has 3 fully saturated rings. The minimum atomic E-state index is -0.0840. The molecule has 0 amide bonds. The van der Waals surface area contributed by atoms with E-state index < -0.39 is 0 Å². The molecular formula is C29H33NO2. The second-order valence-electron chi connectivity index (χ2n) is 11.3. The van der Waals surface area contributed by atoms with Gasteiger partial charge in [0.2, 0.25) is 0 Å². The molecule has 2 aromatic rings. The van der Waals surface area contributed by atoms with Gasteiger partial charge in [0.05, 0.1) is 17.3 Å². The van der Waals surface area contributed by atoms with E-state index in [4.69, 9.17) is 9.47 Å². The average Bonchev–Trinajstić information content (AvgIpc) is 3.33. The highest BCUT2D eigenvalue weighted by Gasteiger charge is 2.66.